The van der Waals surface area contributed by atoms with Gasteiger partial charge < -0.3 is 15.2 Å². The third-order valence-corrected chi connectivity index (χ3v) is 8.00. The number of nitro benzene ring substituents is 1. The largest absolute Gasteiger partial charge is 0.477 e. The van der Waals surface area contributed by atoms with E-state index in [0.29, 0.717) is 36.9 Å². The molecule has 0 aliphatic carbocycles. The van der Waals surface area contributed by atoms with Gasteiger partial charge >= 0.3 is 0 Å². The highest BCUT2D eigenvalue weighted by atomic mass is 32.2. The second-order valence-corrected chi connectivity index (χ2v) is 10.3. The molecule has 0 bridgehead atoms. The number of carbonyl (C=O) groups is 2. The highest BCUT2D eigenvalue weighted by molar-refractivity contribution is 8.04. The van der Waals surface area contributed by atoms with Crippen LogP contribution in [0.15, 0.2) is 65.2 Å². The Morgan fingerprint density at radius 3 is 2.59 bits per heavy atom. The first-order chi connectivity index (χ1) is 17.8. The van der Waals surface area contributed by atoms with E-state index in [0.717, 1.165) is 10.6 Å². The lowest BCUT2D eigenvalue weighted by atomic mass is 9.90. The van der Waals surface area contributed by atoms with Gasteiger partial charge in [0.1, 0.15) is 17.7 Å². The minimum Gasteiger partial charge on any atom is -0.477 e. The van der Waals surface area contributed by atoms with Crippen molar-refractivity contribution in [3.63, 3.8) is 0 Å². The molecule has 0 saturated carbocycles. The van der Waals surface area contributed by atoms with Crippen molar-refractivity contribution in [1.29, 1.82) is 0 Å². The van der Waals surface area contributed by atoms with Crippen molar-refractivity contribution in [2.24, 2.45) is 5.92 Å². The van der Waals surface area contributed by atoms with Gasteiger partial charge in [-0.1, -0.05) is 25.1 Å². The second-order valence-electron chi connectivity index (χ2n) is 8.76. The topological polar surface area (TPSA) is 122 Å². The summed E-state index contributed by atoms with van der Waals surface area (Å²) in [4.78, 5) is 38.2. The summed E-state index contributed by atoms with van der Waals surface area (Å²) >= 11 is 7.04. The third kappa shape index (κ3) is 6.00. The van der Waals surface area contributed by atoms with Crippen LogP contribution in [0.1, 0.15) is 38.2 Å². The van der Waals surface area contributed by atoms with E-state index in [-0.39, 0.29) is 34.5 Å². The molecule has 0 spiro atoms. The summed E-state index contributed by atoms with van der Waals surface area (Å²) in [6.45, 7) is 1.92. The first kappa shape index (κ1) is 26.8. The monoisotopic (exact) mass is 541 g/mol. The molecule has 3 atom stereocenters. The first-order valence-electron chi connectivity index (χ1n) is 12.0. The number of para-hydroxylation sites is 1. The van der Waals surface area contributed by atoms with Crippen LogP contribution in [0.3, 0.4) is 0 Å². The number of non-ortho nitro benzene ring substituents is 1. The zero-order valence-electron chi connectivity index (χ0n) is 20.2. The number of β-lactam (4-membered cyclic amide) rings is 1. The number of nitrogens with zero attached hydrogens (tertiary/aromatic N) is 2. The summed E-state index contributed by atoms with van der Waals surface area (Å²) in [5, 5.41) is 24.0. The highest BCUT2D eigenvalue weighted by Crippen LogP contribution is 2.52. The number of benzene rings is 2. The van der Waals surface area contributed by atoms with Gasteiger partial charge in [-0.3, -0.25) is 24.6 Å². The van der Waals surface area contributed by atoms with Gasteiger partial charge in [0.15, 0.2) is 0 Å². The number of rotatable bonds is 11. The Morgan fingerprint density at radius 2 is 1.95 bits per heavy atom. The van der Waals surface area contributed by atoms with Crippen LogP contribution in [0.25, 0.3) is 0 Å². The molecule has 2 aromatic carbocycles. The van der Waals surface area contributed by atoms with Crippen LogP contribution >= 0.6 is 24.0 Å². The summed E-state index contributed by atoms with van der Waals surface area (Å²) in [6.07, 6.45) is 1.09. The van der Waals surface area contributed by atoms with Crippen molar-refractivity contribution in [2.45, 2.75) is 50.7 Å². The number of hydrogen-bond acceptors (Lipinski definition) is 8. The SMILES string of the molecule is CC[C@H](O)[C@@H]1C(=O)N2C(C(=S)OCc3ccc([N+](=O)[O-])cc3)=C(CCCC(=O)Nc3ccccc3)S[C@H]12. The van der Waals surface area contributed by atoms with E-state index in [9.17, 15) is 24.8 Å². The number of thioether (sulfide) groups is 1. The molecule has 0 aromatic heterocycles. The van der Waals surface area contributed by atoms with Crippen molar-refractivity contribution in [3.05, 3.63) is 80.9 Å². The van der Waals surface area contributed by atoms with E-state index in [1.54, 1.807) is 17.0 Å². The van der Waals surface area contributed by atoms with Crippen LogP contribution < -0.4 is 5.32 Å². The molecular weight excluding hydrogens is 514 g/mol. The number of aliphatic hydroxyl groups excluding tert-OH is 1. The van der Waals surface area contributed by atoms with Crippen molar-refractivity contribution in [2.75, 3.05) is 5.32 Å². The summed E-state index contributed by atoms with van der Waals surface area (Å²) < 4.78 is 5.83. The zero-order chi connectivity index (χ0) is 26.5. The lowest BCUT2D eigenvalue weighted by molar-refractivity contribution is -0.384. The van der Waals surface area contributed by atoms with Gasteiger partial charge in [0.05, 0.1) is 16.9 Å². The molecule has 0 radical (unpaired) electrons. The number of thiocarbonyl (C=S) groups is 1. The molecule has 4 rings (SSSR count). The molecule has 2 aliphatic heterocycles. The Balaban J connectivity index is 1.42. The number of fused-ring (bicyclic) bond motifs is 1. The Labute approximate surface area is 224 Å². The molecule has 1 fully saturated rings. The maximum atomic E-state index is 12.9. The lowest BCUT2D eigenvalue weighted by Gasteiger charge is -2.44. The number of carbonyl (C=O) groups excluding carboxylic acids is 2. The molecule has 11 heteroatoms. The average molecular weight is 542 g/mol. The number of aliphatic hydroxyl groups is 1. The number of anilines is 1. The van der Waals surface area contributed by atoms with Crippen molar-refractivity contribution in [1.82, 2.24) is 4.90 Å². The summed E-state index contributed by atoms with van der Waals surface area (Å²) in [5.41, 5.74) is 1.92. The molecule has 0 unspecified atom stereocenters. The first-order valence-corrected chi connectivity index (χ1v) is 13.2. The van der Waals surface area contributed by atoms with Crippen LogP contribution in [0.5, 0.6) is 0 Å². The normalized spacial score (nSPS) is 19.2. The molecule has 1 saturated heterocycles. The van der Waals surface area contributed by atoms with E-state index in [1.165, 1.54) is 23.9 Å². The fourth-order valence-corrected chi connectivity index (χ4v) is 6.23. The van der Waals surface area contributed by atoms with Crippen LogP contribution in [0.4, 0.5) is 11.4 Å². The molecule has 2 heterocycles. The Bertz CT molecular complexity index is 1220. The van der Waals surface area contributed by atoms with Gasteiger partial charge in [-0.25, -0.2) is 0 Å². The fraction of sp³-hybridized carbons (Fsp3) is 0.346. The molecule has 2 N–H and O–H groups in total. The van der Waals surface area contributed by atoms with E-state index in [4.69, 9.17) is 17.0 Å². The smallest absolute Gasteiger partial charge is 0.269 e. The number of nitrogens with one attached hydrogen (secondary N) is 1. The summed E-state index contributed by atoms with van der Waals surface area (Å²) in [7, 11) is 0. The molecule has 37 heavy (non-hydrogen) atoms. The van der Waals surface area contributed by atoms with E-state index in [2.05, 4.69) is 5.32 Å². The van der Waals surface area contributed by atoms with Gasteiger partial charge in [0.2, 0.25) is 16.9 Å². The lowest BCUT2D eigenvalue weighted by Crippen LogP contribution is -2.61. The summed E-state index contributed by atoms with van der Waals surface area (Å²) in [6, 6.07) is 15.2. The summed E-state index contributed by atoms with van der Waals surface area (Å²) in [5.74, 6) is -0.812. The third-order valence-electron chi connectivity index (χ3n) is 6.26. The van der Waals surface area contributed by atoms with Crippen molar-refractivity contribution in [3.8, 4) is 0 Å². The van der Waals surface area contributed by atoms with E-state index in [1.807, 2.05) is 37.3 Å². The van der Waals surface area contributed by atoms with Crippen molar-refractivity contribution < 1.29 is 24.4 Å². The number of nitro groups is 1. The van der Waals surface area contributed by atoms with Gasteiger partial charge in [0.25, 0.3) is 5.69 Å². The molecular formula is C26H27N3O6S2. The van der Waals surface area contributed by atoms with Gasteiger partial charge in [-0.2, -0.15) is 0 Å². The Kier molecular flexibility index (Phi) is 8.57. The predicted octanol–water partition coefficient (Wildman–Crippen LogP) is 4.76. The predicted molar refractivity (Wildman–Crippen MR) is 144 cm³/mol. The Hall–Kier alpha value is -3.28. The zero-order valence-corrected chi connectivity index (χ0v) is 21.8. The number of ether oxygens (including phenoxy) is 1. The van der Waals surface area contributed by atoms with Crippen LogP contribution in [-0.2, 0) is 20.9 Å². The molecule has 2 aromatic rings. The number of hydrogen-bond donors (Lipinski definition) is 2. The molecule has 2 amide bonds. The van der Waals surface area contributed by atoms with Gasteiger partial charge in [0, 0.05) is 29.1 Å². The van der Waals surface area contributed by atoms with E-state index >= 15 is 0 Å². The second kappa shape index (κ2) is 11.8. The maximum Gasteiger partial charge on any atom is 0.269 e. The molecule has 194 valence electrons. The average Bonchev–Trinajstić information content (AvgIpc) is 3.22. The number of allylic oxidation sites excluding steroid dienone is 1. The van der Waals surface area contributed by atoms with Crippen molar-refractivity contribution >= 4 is 52.2 Å². The quantitative estimate of drug-likeness (QED) is 0.181. The minimum atomic E-state index is -0.743. The standard InChI is InChI=1S/C26H27N3O6S2/c1-2-19(30)22-24(32)28-23(26(36)35-15-16-11-13-18(14-12-16)29(33)34)20(37-25(22)28)9-6-10-21(31)27-17-7-4-3-5-8-17/h3-5,7-8,11-14,19,22,25,30H,2,6,9-10,15H2,1H3,(H,27,31)/t19-,22+,25+/m0/s1. The van der Waals surface area contributed by atoms with Gasteiger partial charge in [-0.05, 0) is 61.3 Å². The van der Waals surface area contributed by atoms with Crippen LogP contribution in [0.2, 0.25) is 0 Å². The molecule has 2 aliphatic rings. The fourth-order valence-electron chi connectivity index (χ4n) is 4.27. The minimum absolute atomic E-state index is 0.0191. The van der Waals surface area contributed by atoms with Crippen LogP contribution in [-0.4, -0.2) is 43.3 Å². The van der Waals surface area contributed by atoms with E-state index < -0.39 is 16.9 Å². The molecule has 9 nitrogen and oxygen atoms in total. The highest BCUT2D eigenvalue weighted by Gasteiger charge is 2.57. The maximum absolute atomic E-state index is 12.9. The number of amides is 2. The van der Waals surface area contributed by atoms with Crippen LogP contribution in [0, 0.1) is 16.0 Å². The van der Waals surface area contributed by atoms with Gasteiger partial charge in [-0.15, -0.1) is 11.8 Å². The Morgan fingerprint density at radius 1 is 1.24 bits per heavy atom.